The molecule has 0 nitrogen and oxygen atoms in total. The van der Waals surface area contributed by atoms with Gasteiger partial charge in [0.15, 0.2) is 0 Å². The van der Waals surface area contributed by atoms with E-state index in [1.54, 1.807) is 0 Å². The van der Waals surface area contributed by atoms with E-state index in [2.05, 4.69) is 13.8 Å². The van der Waals surface area contributed by atoms with Gasteiger partial charge in [0.25, 0.3) is 0 Å². The molecule has 2 heteroatoms. The van der Waals surface area contributed by atoms with Gasteiger partial charge in [-0.25, -0.2) is 0 Å². The molecule has 0 aromatic heterocycles. The van der Waals surface area contributed by atoms with Crippen LogP contribution in [0.5, 0.6) is 0 Å². The molecule has 0 aromatic rings. The van der Waals surface area contributed by atoms with Gasteiger partial charge in [-0.05, 0) is 12.8 Å². The Morgan fingerprint density at radius 2 is 1.67 bits per heavy atom. The Bertz CT molecular complexity index is 63.9. The largest absolute Gasteiger partial charge is 0.121 e. The molecule has 0 radical (unpaired) electrons. The number of alkyl halides is 2. The normalized spacial score (nSPS) is 17.3. The highest BCUT2D eigenvalue weighted by Crippen LogP contribution is 2.17. The van der Waals surface area contributed by atoms with Gasteiger partial charge in [0.05, 0.1) is 0 Å². The molecule has 0 N–H and O–H groups in total. The summed E-state index contributed by atoms with van der Waals surface area (Å²) in [5.74, 6) is 0. The van der Waals surface area contributed by atoms with E-state index in [0.717, 1.165) is 19.3 Å². The van der Waals surface area contributed by atoms with Crippen LogP contribution in [0.1, 0.15) is 33.1 Å². The Morgan fingerprint density at radius 3 is 2.00 bits per heavy atom. The van der Waals surface area contributed by atoms with Crippen molar-refractivity contribution in [2.24, 2.45) is 0 Å². The van der Waals surface area contributed by atoms with Gasteiger partial charge in [-0.2, -0.15) is 0 Å². The van der Waals surface area contributed by atoms with E-state index in [1.165, 1.54) is 0 Å². The highest BCUT2D eigenvalue weighted by atomic mass is 35.5. The van der Waals surface area contributed by atoms with E-state index in [1.807, 2.05) is 0 Å². The number of hydrogen-bond donors (Lipinski definition) is 0. The van der Waals surface area contributed by atoms with Gasteiger partial charge in [-0.3, -0.25) is 0 Å². The van der Waals surface area contributed by atoms with Gasteiger partial charge in [-0.1, -0.05) is 20.3 Å². The molecule has 0 fully saturated rings. The summed E-state index contributed by atoms with van der Waals surface area (Å²) in [6.07, 6.45) is 3.12. The van der Waals surface area contributed by atoms with Crippen LogP contribution in [0.2, 0.25) is 0 Å². The predicted molar refractivity (Wildman–Crippen MR) is 44.5 cm³/mol. The smallest absolute Gasteiger partial charge is 0.0499 e. The van der Waals surface area contributed by atoms with E-state index in [9.17, 15) is 0 Å². The molecule has 0 heterocycles. The van der Waals surface area contributed by atoms with E-state index in [-0.39, 0.29) is 10.8 Å². The maximum Gasteiger partial charge on any atom is 0.0499 e. The molecule has 9 heavy (non-hydrogen) atoms. The fraction of sp³-hybridized carbons (Fsp3) is 1.00. The van der Waals surface area contributed by atoms with Crippen LogP contribution in [0.3, 0.4) is 0 Å². The molecule has 0 aromatic carbocycles. The van der Waals surface area contributed by atoms with Crippen LogP contribution in [-0.4, -0.2) is 10.8 Å². The first-order chi connectivity index (χ1) is 4.22. The second-order valence-corrected chi connectivity index (χ2v) is 3.35. The summed E-state index contributed by atoms with van der Waals surface area (Å²) >= 11 is 11.8. The van der Waals surface area contributed by atoms with Crippen LogP contribution >= 0.6 is 23.2 Å². The first kappa shape index (κ1) is 9.58. The molecular formula is C7H14Cl2. The average molecular weight is 169 g/mol. The maximum absolute atomic E-state index is 5.90. The molecular weight excluding hydrogens is 155 g/mol. The van der Waals surface area contributed by atoms with Gasteiger partial charge in [0.1, 0.15) is 0 Å². The van der Waals surface area contributed by atoms with Crippen LogP contribution in [-0.2, 0) is 0 Å². The van der Waals surface area contributed by atoms with E-state index in [4.69, 9.17) is 23.2 Å². The van der Waals surface area contributed by atoms with Crippen molar-refractivity contribution >= 4 is 23.2 Å². The molecule has 0 aliphatic heterocycles. The highest BCUT2D eigenvalue weighted by molar-refractivity contribution is 6.29. The summed E-state index contributed by atoms with van der Waals surface area (Å²) < 4.78 is 0. The second-order valence-electron chi connectivity index (χ2n) is 2.23. The topological polar surface area (TPSA) is 0 Å². The Balaban J connectivity index is 3.32. The van der Waals surface area contributed by atoms with Crippen LogP contribution in [0.15, 0.2) is 0 Å². The average Bonchev–Trinajstić information content (AvgIpc) is 1.87. The Hall–Kier alpha value is 0.580. The minimum absolute atomic E-state index is 0.159. The molecule has 0 aliphatic carbocycles. The number of rotatable bonds is 4. The Kier molecular flexibility index (Phi) is 5.72. The van der Waals surface area contributed by atoms with Gasteiger partial charge in [0, 0.05) is 10.8 Å². The zero-order valence-corrected chi connectivity index (χ0v) is 7.54. The van der Waals surface area contributed by atoms with E-state index >= 15 is 0 Å². The summed E-state index contributed by atoms with van der Waals surface area (Å²) in [6.45, 7) is 4.18. The molecule has 0 saturated heterocycles. The minimum Gasteiger partial charge on any atom is -0.121 e. The van der Waals surface area contributed by atoms with Crippen molar-refractivity contribution in [3.63, 3.8) is 0 Å². The van der Waals surface area contributed by atoms with Gasteiger partial charge in [-0.15, -0.1) is 23.2 Å². The number of hydrogen-bond acceptors (Lipinski definition) is 0. The zero-order chi connectivity index (χ0) is 7.28. The first-order valence-electron chi connectivity index (χ1n) is 3.50. The van der Waals surface area contributed by atoms with Gasteiger partial charge >= 0.3 is 0 Å². The standard InChI is InChI=1S/C7H14Cl2/c1-3-5-7(9)6(8)4-2/h6-7H,3-5H2,1-2H3. The van der Waals surface area contributed by atoms with Crippen molar-refractivity contribution in [1.29, 1.82) is 0 Å². The van der Waals surface area contributed by atoms with E-state index < -0.39 is 0 Å². The predicted octanol–water partition coefficient (Wildman–Crippen LogP) is 3.41. The fourth-order valence-electron chi connectivity index (χ4n) is 0.712. The van der Waals surface area contributed by atoms with Crippen molar-refractivity contribution in [1.82, 2.24) is 0 Å². The molecule has 0 amide bonds. The van der Waals surface area contributed by atoms with Crippen molar-refractivity contribution in [2.75, 3.05) is 0 Å². The van der Waals surface area contributed by atoms with Crippen LogP contribution in [0.4, 0.5) is 0 Å². The lowest BCUT2D eigenvalue weighted by molar-refractivity contribution is 0.672. The lowest BCUT2D eigenvalue weighted by Crippen LogP contribution is -2.12. The zero-order valence-electron chi connectivity index (χ0n) is 6.03. The minimum atomic E-state index is 0.159. The molecule has 0 aliphatic rings. The maximum atomic E-state index is 5.90. The summed E-state index contributed by atoms with van der Waals surface area (Å²) in [6, 6.07) is 0. The van der Waals surface area contributed by atoms with Crippen molar-refractivity contribution in [3.8, 4) is 0 Å². The molecule has 0 bridgehead atoms. The van der Waals surface area contributed by atoms with Gasteiger partial charge < -0.3 is 0 Å². The van der Waals surface area contributed by atoms with Crippen molar-refractivity contribution in [3.05, 3.63) is 0 Å². The molecule has 0 rings (SSSR count). The van der Waals surface area contributed by atoms with Crippen LogP contribution < -0.4 is 0 Å². The third-order valence-electron chi connectivity index (χ3n) is 1.35. The monoisotopic (exact) mass is 168 g/mol. The molecule has 56 valence electrons. The third-order valence-corrected chi connectivity index (χ3v) is 2.61. The quantitative estimate of drug-likeness (QED) is 0.565. The lowest BCUT2D eigenvalue weighted by atomic mass is 10.1. The lowest BCUT2D eigenvalue weighted by Gasteiger charge is -2.11. The van der Waals surface area contributed by atoms with Crippen molar-refractivity contribution < 1.29 is 0 Å². The second kappa shape index (κ2) is 5.37. The fourth-order valence-corrected chi connectivity index (χ4v) is 1.23. The van der Waals surface area contributed by atoms with Gasteiger partial charge in [0.2, 0.25) is 0 Å². The van der Waals surface area contributed by atoms with Crippen molar-refractivity contribution in [2.45, 2.75) is 43.9 Å². The van der Waals surface area contributed by atoms with Crippen LogP contribution in [0.25, 0.3) is 0 Å². The molecule has 0 spiro atoms. The van der Waals surface area contributed by atoms with Crippen LogP contribution in [0, 0.1) is 0 Å². The Morgan fingerprint density at radius 1 is 1.11 bits per heavy atom. The summed E-state index contributed by atoms with van der Waals surface area (Å²) in [5, 5.41) is 0.327. The molecule has 0 saturated carbocycles. The van der Waals surface area contributed by atoms with E-state index in [0.29, 0.717) is 0 Å². The third kappa shape index (κ3) is 4.05. The first-order valence-corrected chi connectivity index (χ1v) is 4.37. The molecule has 2 atom stereocenters. The SMILES string of the molecule is CCCC(Cl)C(Cl)CC. The summed E-state index contributed by atoms with van der Waals surface area (Å²) in [5.41, 5.74) is 0. The molecule has 2 unspecified atom stereocenters. The Labute approximate surface area is 67.5 Å². The summed E-state index contributed by atoms with van der Waals surface area (Å²) in [7, 11) is 0. The highest BCUT2D eigenvalue weighted by Gasteiger charge is 2.12. The summed E-state index contributed by atoms with van der Waals surface area (Å²) in [4.78, 5) is 0. The number of halogens is 2.